The molecule has 190 valence electrons. The number of aliphatic carboxylic acids is 2. The van der Waals surface area contributed by atoms with Crippen molar-refractivity contribution in [1.82, 2.24) is 14.9 Å². The first-order chi connectivity index (χ1) is 14.9. The minimum Gasteiger partial charge on any atom is -0.475 e. The van der Waals surface area contributed by atoms with Crippen LogP contribution in [0, 0.1) is 13.8 Å². The Morgan fingerprint density at radius 3 is 1.70 bits per heavy atom. The molecule has 9 nitrogen and oxygen atoms in total. The summed E-state index contributed by atoms with van der Waals surface area (Å²) >= 11 is 0. The molecule has 1 aliphatic heterocycles. The number of alkyl halides is 6. The van der Waals surface area contributed by atoms with Crippen molar-refractivity contribution >= 4 is 23.7 Å². The summed E-state index contributed by atoms with van der Waals surface area (Å²) in [6, 6.07) is 0.527. The van der Waals surface area contributed by atoms with Crippen molar-refractivity contribution in [2.75, 3.05) is 44.4 Å². The van der Waals surface area contributed by atoms with Crippen LogP contribution in [0.5, 0.6) is 0 Å². The van der Waals surface area contributed by atoms with E-state index in [2.05, 4.69) is 34.2 Å². The number of rotatable bonds is 3. The fourth-order valence-electron chi connectivity index (χ4n) is 2.30. The van der Waals surface area contributed by atoms with E-state index in [-0.39, 0.29) is 0 Å². The van der Waals surface area contributed by atoms with Crippen LogP contribution in [0.4, 0.5) is 38.1 Å². The van der Waals surface area contributed by atoms with Gasteiger partial charge < -0.3 is 25.3 Å². The van der Waals surface area contributed by atoms with Crippen molar-refractivity contribution in [3.8, 4) is 0 Å². The van der Waals surface area contributed by atoms with E-state index in [1.165, 1.54) is 12.8 Å². The molecule has 1 aliphatic rings. The topological polar surface area (TPSA) is 119 Å². The summed E-state index contributed by atoms with van der Waals surface area (Å²) in [5.41, 5.74) is 2.21. The summed E-state index contributed by atoms with van der Waals surface area (Å²) in [7, 11) is 6.13. The number of carboxylic acid groups (broad SMARTS) is 2. The third-order valence-electron chi connectivity index (χ3n) is 4.32. The van der Waals surface area contributed by atoms with E-state index in [0.29, 0.717) is 6.04 Å². The Kier molecular flexibility index (Phi) is 11.3. The van der Waals surface area contributed by atoms with Gasteiger partial charge in [0.1, 0.15) is 5.82 Å². The van der Waals surface area contributed by atoms with E-state index in [1.54, 1.807) is 0 Å². The molecule has 0 bridgehead atoms. The van der Waals surface area contributed by atoms with E-state index in [0.717, 1.165) is 36.1 Å². The van der Waals surface area contributed by atoms with Gasteiger partial charge in [-0.25, -0.2) is 14.6 Å². The van der Waals surface area contributed by atoms with E-state index in [9.17, 15) is 26.3 Å². The molecule has 0 atom stereocenters. The molecule has 2 rings (SSSR count). The van der Waals surface area contributed by atoms with E-state index < -0.39 is 24.3 Å². The maximum absolute atomic E-state index is 10.6. The highest BCUT2D eigenvalue weighted by Gasteiger charge is 2.38. The number of anilines is 2. The van der Waals surface area contributed by atoms with Crippen molar-refractivity contribution in [3.05, 3.63) is 11.3 Å². The molecule has 2 heterocycles. The normalized spacial score (nSPS) is 14.9. The number of likely N-dealkylation sites (tertiary alicyclic amines) is 1. The number of nitrogens with zero attached hydrogens (tertiary/aromatic N) is 4. The second-order valence-corrected chi connectivity index (χ2v) is 7.30. The molecular weight excluding hydrogens is 464 g/mol. The molecule has 33 heavy (non-hydrogen) atoms. The number of piperidine rings is 1. The molecule has 1 aromatic heterocycles. The molecular formula is C18H27F6N5O4. The van der Waals surface area contributed by atoms with E-state index in [1.807, 2.05) is 25.9 Å². The number of carbonyl (C=O) groups is 2. The SMILES string of the molecule is Cc1nc(N(C)C)nc(NC2CCN(C)CC2)c1C.O=C(O)C(F)(F)F.O=C(O)C(F)(F)F. The lowest BCUT2D eigenvalue weighted by Crippen LogP contribution is -2.37. The highest BCUT2D eigenvalue weighted by Crippen LogP contribution is 2.21. The summed E-state index contributed by atoms with van der Waals surface area (Å²) in [6.45, 7) is 6.44. The van der Waals surface area contributed by atoms with Gasteiger partial charge in [-0.3, -0.25) is 0 Å². The van der Waals surface area contributed by atoms with E-state index >= 15 is 0 Å². The minimum absolute atomic E-state index is 0.527. The second-order valence-electron chi connectivity index (χ2n) is 7.30. The van der Waals surface area contributed by atoms with Crippen LogP contribution >= 0.6 is 0 Å². The summed E-state index contributed by atoms with van der Waals surface area (Å²) in [4.78, 5) is 31.3. The quantitative estimate of drug-likeness (QED) is 0.549. The zero-order chi connectivity index (χ0) is 26.1. The molecule has 1 fully saturated rings. The zero-order valence-electron chi connectivity index (χ0n) is 18.7. The molecule has 0 aromatic carbocycles. The van der Waals surface area contributed by atoms with Crippen molar-refractivity contribution in [2.45, 2.75) is 45.1 Å². The lowest BCUT2D eigenvalue weighted by atomic mass is 10.1. The smallest absolute Gasteiger partial charge is 0.475 e. The fourth-order valence-corrected chi connectivity index (χ4v) is 2.30. The predicted molar refractivity (Wildman–Crippen MR) is 107 cm³/mol. The molecule has 0 aliphatic carbocycles. The van der Waals surface area contributed by atoms with Crippen LogP contribution in [0.2, 0.25) is 0 Å². The van der Waals surface area contributed by atoms with Crippen LogP contribution in [0.1, 0.15) is 24.1 Å². The molecule has 1 aromatic rings. The first kappa shape index (κ1) is 30.2. The van der Waals surface area contributed by atoms with Crippen LogP contribution in [0.25, 0.3) is 0 Å². The summed E-state index contributed by atoms with van der Waals surface area (Å²) in [5, 5.41) is 17.9. The van der Waals surface area contributed by atoms with Gasteiger partial charge in [0.15, 0.2) is 0 Å². The summed E-state index contributed by atoms with van der Waals surface area (Å²) < 4.78 is 63.5. The van der Waals surface area contributed by atoms with Crippen molar-refractivity contribution in [3.63, 3.8) is 0 Å². The van der Waals surface area contributed by atoms with Gasteiger partial charge in [-0.2, -0.15) is 31.3 Å². The van der Waals surface area contributed by atoms with Gasteiger partial charge in [0.2, 0.25) is 5.95 Å². The fraction of sp³-hybridized carbons (Fsp3) is 0.667. The number of aromatic nitrogens is 2. The Morgan fingerprint density at radius 1 is 0.970 bits per heavy atom. The van der Waals surface area contributed by atoms with Gasteiger partial charge in [0.25, 0.3) is 0 Å². The molecule has 0 amide bonds. The Hall–Kier alpha value is -2.84. The lowest BCUT2D eigenvalue weighted by molar-refractivity contribution is -0.193. The maximum atomic E-state index is 10.6. The third kappa shape index (κ3) is 11.5. The predicted octanol–water partition coefficient (Wildman–Crippen LogP) is 2.93. The first-order valence-corrected chi connectivity index (χ1v) is 9.44. The Morgan fingerprint density at radius 2 is 1.36 bits per heavy atom. The summed E-state index contributed by atoms with van der Waals surface area (Å²) in [5.74, 6) is -3.75. The van der Waals surface area contributed by atoms with Crippen LogP contribution in [0.3, 0.4) is 0 Å². The van der Waals surface area contributed by atoms with Gasteiger partial charge in [0.05, 0.1) is 0 Å². The molecule has 0 spiro atoms. The Labute approximate surface area is 186 Å². The number of carboxylic acids is 2. The summed E-state index contributed by atoms with van der Waals surface area (Å²) in [6.07, 6.45) is -7.81. The largest absolute Gasteiger partial charge is 0.490 e. The molecule has 0 saturated carbocycles. The molecule has 15 heteroatoms. The van der Waals surface area contributed by atoms with Gasteiger partial charge in [-0.1, -0.05) is 0 Å². The van der Waals surface area contributed by atoms with Crippen LogP contribution in [-0.2, 0) is 9.59 Å². The lowest BCUT2D eigenvalue weighted by Gasteiger charge is -2.30. The molecule has 3 N–H and O–H groups in total. The zero-order valence-corrected chi connectivity index (χ0v) is 18.7. The minimum atomic E-state index is -5.08. The van der Waals surface area contributed by atoms with Gasteiger partial charge in [0, 0.05) is 31.4 Å². The number of hydrogen-bond acceptors (Lipinski definition) is 7. The van der Waals surface area contributed by atoms with Crippen LogP contribution in [-0.4, -0.2) is 89.6 Å². The van der Waals surface area contributed by atoms with Crippen LogP contribution in [0.15, 0.2) is 0 Å². The number of aryl methyl sites for hydroxylation is 1. The van der Waals surface area contributed by atoms with Gasteiger partial charge >= 0.3 is 24.3 Å². The van der Waals surface area contributed by atoms with Crippen molar-refractivity contribution in [1.29, 1.82) is 0 Å². The number of hydrogen-bond donors (Lipinski definition) is 3. The number of nitrogens with one attached hydrogen (secondary N) is 1. The average Bonchev–Trinajstić information content (AvgIpc) is 2.66. The Balaban J connectivity index is 0.000000605. The highest BCUT2D eigenvalue weighted by atomic mass is 19.4. The number of halogens is 6. The third-order valence-corrected chi connectivity index (χ3v) is 4.32. The van der Waals surface area contributed by atoms with Gasteiger partial charge in [-0.15, -0.1) is 0 Å². The molecule has 0 radical (unpaired) electrons. The standard InChI is InChI=1S/C14H25N5.2C2HF3O2/c1-10-11(2)15-14(18(3)4)17-13(10)16-12-6-8-19(5)9-7-12;2*3-2(4,5)1(6)7/h12H,6-9H2,1-5H3,(H,15,16,17);2*(H,6,7). The Bertz CT molecular complexity index is 770. The van der Waals surface area contributed by atoms with Crippen LogP contribution < -0.4 is 10.2 Å². The highest BCUT2D eigenvalue weighted by molar-refractivity contribution is 5.73. The monoisotopic (exact) mass is 491 g/mol. The second kappa shape index (κ2) is 12.4. The van der Waals surface area contributed by atoms with Gasteiger partial charge in [-0.05, 0) is 46.8 Å². The average molecular weight is 491 g/mol. The van der Waals surface area contributed by atoms with E-state index in [4.69, 9.17) is 19.8 Å². The van der Waals surface area contributed by atoms with Crippen molar-refractivity contribution in [2.24, 2.45) is 0 Å². The van der Waals surface area contributed by atoms with Crippen molar-refractivity contribution < 1.29 is 46.1 Å². The molecule has 0 unspecified atom stereocenters. The molecule has 1 saturated heterocycles. The first-order valence-electron chi connectivity index (χ1n) is 9.44. The maximum Gasteiger partial charge on any atom is 0.490 e.